The Morgan fingerprint density at radius 2 is 2.13 bits per heavy atom. The number of imidazole rings is 1. The molecule has 1 amide bonds. The second-order valence-corrected chi connectivity index (χ2v) is 6.24. The van der Waals surface area contributed by atoms with Crippen molar-refractivity contribution in [3.63, 3.8) is 0 Å². The van der Waals surface area contributed by atoms with E-state index in [1.807, 2.05) is 49.1 Å². The molecule has 2 unspecified atom stereocenters. The molecule has 3 heterocycles. The number of likely N-dealkylation sites (tertiary alicyclic amines) is 1. The lowest BCUT2D eigenvalue weighted by atomic mass is 10.1. The highest BCUT2D eigenvalue weighted by molar-refractivity contribution is 5.98. The number of benzene rings is 1. The molecular formula is C17H20N4O2. The summed E-state index contributed by atoms with van der Waals surface area (Å²) < 4.78 is 8.16. The summed E-state index contributed by atoms with van der Waals surface area (Å²) >= 11 is 0. The van der Waals surface area contributed by atoms with Gasteiger partial charge in [-0.1, -0.05) is 12.1 Å². The van der Waals surface area contributed by atoms with Crippen LogP contribution in [0.4, 0.5) is 5.69 Å². The Balaban J connectivity index is 1.65. The molecule has 2 aromatic rings. The molecule has 2 aliphatic rings. The molecule has 0 radical (unpaired) electrons. The van der Waals surface area contributed by atoms with E-state index in [0.717, 1.165) is 30.2 Å². The van der Waals surface area contributed by atoms with E-state index in [4.69, 9.17) is 4.74 Å². The molecule has 0 saturated carbocycles. The average Bonchev–Trinajstić information content (AvgIpc) is 3.13. The van der Waals surface area contributed by atoms with E-state index in [1.165, 1.54) is 0 Å². The van der Waals surface area contributed by atoms with Gasteiger partial charge in [0.05, 0.1) is 18.3 Å². The number of anilines is 1. The van der Waals surface area contributed by atoms with Gasteiger partial charge >= 0.3 is 0 Å². The molecule has 4 rings (SSSR count). The second-order valence-electron chi connectivity index (χ2n) is 6.24. The molecule has 0 N–H and O–H groups in total. The van der Waals surface area contributed by atoms with E-state index in [-0.39, 0.29) is 18.1 Å². The van der Waals surface area contributed by atoms with E-state index >= 15 is 0 Å². The fraction of sp³-hybridized carbons (Fsp3) is 0.412. The van der Waals surface area contributed by atoms with Crippen molar-refractivity contribution in [3.8, 4) is 5.75 Å². The molecule has 1 aromatic carbocycles. The van der Waals surface area contributed by atoms with Gasteiger partial charge in [-0.3, -0.25) is 9.69 Å². The smallest absolute Gasteiger partial charge is 0.244 e. The van der Waals surface area contributed by atoms with Crippen LogP contribution in [-0.4, -0.2) is 46.1 Å². The summed E-state index contributed by atoms with van der Waals surface area (Å²) in [6.45, 7) is 1.40. The van der Waals surface area contributed by atoms with Crippen molar-refractivity contribution >= 4 is 11.6 Å². The van der Waals surface area contributed by atoms with Crippen LogP contribution in [0.3, 0.4) is 0 Å². The Morgan fingerprint density at radius 1 is 1.30 bits per heavy atom. The number of aromatic nitrogens is 2. The fourth-order valence-electron chi connectivity index (χ4n) is 3.46. The molecule has 1 fully saturated rings. The Bertz CT molecular complexity index is 742. The van der Waals surface area contributed by atoms with Crippen molar-refractivity contribution in [2.24, 2.45) is 7.05 Å². The monoisotopic (exact) mass is 312 g/mol. The third-order valence-corrected chi connectivity index (χ3v) is 4.77. The number of ether oxygens (including phenoxy) is 1. The summed E-state index contributed by atoms with van der Waals surface area (Å²) in [4.78, 5) is 21.2. The highest BCUT2D eigenvalue weighted by atomic mass is 16.5. The summed E-state index contributed by atoms with van der Waals surface area (Å²) in [7, 11) is 3.80. The number of fused-ring (bicyclic) bond motifs is 3. The fourth-order valence-corrected chi connectivity index (χ4v) is 3.46. The van der Waals surface area contributed by atoms with E-state index in [2.05, 4.69) is 9.88 Å². The number of amides is 1. The minimum atomic E-state index is -0.157. The van der Waals surface area contributed by atoms with Crippen LogP contribution in [0.25, 0.3) is 0 Å². The number of carbonyl (C=O) groups is 1. The van der Waals surface area contributed by atoms with E-state index < -0.39 is 0 Å². The molecule has 2 bridgehead atoms. The van der Waals surface area contributed by atoms with Gasteiger partial charge in [0.1, 0.15) is 17.7 Å². The molecule has 2 aliphatic heterocycles. The maximum atomic E-state index is 12.9. The molecule has 6 nitrogen and oxygen atoms in total. The average molecular weight is 312 g/mol. The lowest BCUT2D eigenvalue weighted by molar-refractivity contribution is -0.122. The van der Waals surface area contributed by atoms with Crippen molar-refractivity contribution in [1.82, 2.24) is 14.5 Å². The number of para-hydroxylation sites is 2. The van der Waals surface area contributed by atoms with Gasteiger partial charge in [-0.05, 0) is 12.1 Å². The van der Waals surface area contributed by atoms with Gasteiger partial charge in [-0.15, -0.1) is 0 Å². The lowest BCUT2D eigenvalue weighted by Gasteiger charge is -2.29. The predicted molar refractivity (Wildman–Crippen MR) is 86.3 cm³/mol. The van der Waals surface area contributed by atoms with Gasteiger partial charge in [0.2, 0.25) is 5.91 Å². The van der Waals surface area contributed by atoms with E-state index in [1.54, 1.807) is 11.1 Å². The Morgan fingerprint density at radius 3 is 2.91 bits per heavy atom. The topological polar surface area (TPSA) is 50.6 Å². The number of aryl methyl sites for hydroxylation is 1. The van der Waals surface area contributed by atoms with Gasteiger partial charge in [-0.2, -0.15) is 0 Å². The number of carbonyl (C=O) groups excluding carboxylic acids is 1. The number of hydrogen-bond donors (Lipinski definition) is 0. The molecule has 6 heteroatoms. The summed E-state index contributed by atoms with van der Waals surface area (Å²) in [5, 5.41) is 0. The number of nitrogens with zero attached hydrogens (tertiary/aromatic N) is 4. The molecule has 1 aromatic heterocycles. The second kappa shape index (κ2) is 5.38. The van der Waals surface area contributed by atoms with Crippen LogP contribution in [-0.2, 0) is 18.4 Å². The molecule has 1 saturated heterocycles. The minimum Gasteiger partial charge on any atom is -0.487 e. The van der Waals surface area contributed by atoms with Crippen molar-refractivity contribution in [2.45, 2.75) is 25.1 Å². The first kappa shape index (κ1) is 14.3. The van der Waals surface area contributed by atoms with Gasteiger partial charge in [0.25, 0.3) is 0 Å². The highest BCUT2D eigenvalue weighted by Crippen LogP contribution is 2.35. The number of hydrogen-bond acceptors (Lipinski definition) is 4. The summed E-state index contributed by atoms with van der Waals surface area (Å²) in [5.74, 6) is 1.87. The molecule has 120 valence electrons. The van der Waals surface area contributed by atoms with E-state index in [0.29, 0.717) is 6.54 Å². The van der Waals surface area contributed by atoms with Gasteiger partial charge in [0, 0.05) is 39.5 Å². The Hall–Kier alpha value is -2.34. The zero-order valence-corrected chi connectivity index (χ0v) is 13.3. The minimum absolute atomic E-state index is 0.0408. The van der Waals surface area contributed by atoms with Crippen LogP contribution in [0.2, 0.25) is 0 Å². The lowest BCUT2D eigenvalue weighted by Crippen LogP contribution is -2.44. The van der Waals surface area contributed by atoms with Crippen LogP contribution in [0.1, 0.15) is 12.2 Å². The number of rotatable bonds is 2. The van der Waals surface area contributed by atoms with Crippen LogP contribution in [0, 0.1) is 0 Å². The first-order chi connectivity index (χ1) is 11.1. The Kier molecular flexibility index (Phi) is 3.34. The van der Waals surface area contributed by atoms with E-state index in [9.17, 15) is 4.79 Å². The summed E-state index contributed by atoms with van der Waals surface area (Å²) in [6, 6.07) is 7.58. The van der Waals surface area contributed by atoms with Gasteiger partial charge < -0.3 is 14.2 Å². The molecule has 2 atom stereocenters. The van der Waals surface area contributed by atoms with Gasteiger partial charge in [0.15, 0.2) is 0 Å². The van der Waals surface area contributed by atoms with Gasteiger partial charge in [-0.25, -0.2) is 4.98 Å². The summed E-state index contributed by atoms with van der Waals surface area (Å²) in [5.41, 5.74) is 0.839. The van der Waals surface area contributed by atoms with Crippen LogP contribution in [0.15, 0.2) is 36.7 Å². The maximum Gasteiger partial charge on any atom is 0.244 e. The quantitative estimate of drug-likeness (QED) is 0.841. The third kappa shape index (κ3) is 2.39. The number of likely N-dealkylation sites (N-methyl/N-ethyl adjacent to an activating group) is 1. The van der Waals surface area contributed by atoms with Crippen molar-refractivity contribution < 1.29 is 9.53 Å². The first-order valence-electron chi connectivity index (χ1n) is 7.87. The zero-order valence-electron chi connectivity index (χ0n) is 13.3. The van der Waals surface area contributed by atoms with Crippen LogP contribution >= 0.6 is 0 Å². The molecule has 0 spiro atoms. The Labute approximate surface area is 135 Å². The third-order valence-electron chi connectivity index (χ3n) is 4.77. The largest absolute Gasteiger partial charge is 0.487 e. The van der Waals surface area contributed by atoms with Crippen molar-refractivity contribution in [2.75, 3.05) is 18.5 Å². The predicted octanol–water partition coefficient (Wildman–Crippen LogP) is 1.42. The summed E-state index contributed by atoms with van der Waals surface area (Å²) in [6.07, 6.45) is 4.48. The molecule has 23 heavy (non-hydrogen) atoms. The van der Waals surface area contributed by atoms with Crippen LogP contribution in [0.5, 0.6) is 5.75 Å². The molecular weight excluding hydrogens is 292 g/mol. The van der Waals surface area contributed by atoms with Crippen LogP contribution < -0.4 is 9.64 Å². The van der Waals surface area contributed by atoms with Crippen molar-refractivity contribution in [3.05, 3.63) is 42.5 Å². The van der Waals surface area contributed by atoms with Crippen molar-refractivity contribution in [1.29, 1.82) is 0 Å². The normalized spacial score (nSPS) is 24.1. The first-order valence-corrected chi connectivity index (χ1v) is 7.87. The highest BCUT2D eigenvalue weighted by Gasteiger charge is 2.42. The maximum absolute atomic E-state index is 12.9. The molecule has 0 aliphatic carbocycles. The standard InChI is InChI=1S/C17H20N4O2/c1-19-8-7-18-16(19)11-21-10-12-9-14(21)17(22)20(2)13-5-3-4-6-15(13)23-12/h3-8,12,14H,9-11H2,1-2H3. The zero-order chi connectivity index (χ0) is 16.0. The SMILES string of the molecule is CN1C(=O)C2CC(CN2Cc2nccn2C)Oc2ccccc21.